The van der Waals surface area contributed by atoms with E-state index >= 15 is 0 Å². The summed E-state index contributed by atoms with van der Waals surface area (Å²) < 4.78 is 80.6. The third kappa shape index (κ3) is 4.18. The molecule has 23 heavy (non-hydrogen) atoms. The van der Waals surface area contributed by atoms with Crippen LogP contribution in [0.1, 0.15) is 24.0 Å². The average molecular weight is 334 g/mol. The second-order valence-electron chi connectivity index (χ2n) is 4.96. The highest BCUT2D eigenvalue weighted by Crippen LogP contribution is 2.32. The molecule has 0 radical (unpaired) electrons. The minimum Gasteiger partial charge on any atom is -0.428 e. The molecule has 2 aromatic rings. The van der Waals surface area contributed by atoms with Crippen molar-refractivity contribution in [2.45, 2.75) is 25.4 Å². The molecule has 0 spiro atoms. The number of hydrogen-bond donors (Lipinski definition) is 0. The third-order valence-corrected chi connectivity index (χ3v) is 3.27. The molecule has 0 heterocycles. The minimum atomic E-state index is -4.72. The Bertz CT molecular complexity index is 669. The van der Waals surface area contributed by atoms with E-state index in [9.17, 15) is 26.3 Å². The van der Waals surface area contributed by atoms with Gasteiger partial charge < -0.3 is 4.74 Å². The van der Waals surface area contributed by atoms with Crippen molar-refractivity contribution in [3.05, 3.63) is 65.2 Å². The van der Waals surface area contributed by atoms with Crippen LogP contribution < -0.4 is 4.74 Å². The van der Waals surface area contributed by atoms with Gasteiger partial charge in [-0.05, 0) is 35.4 Å². The summed E-state index contributed by atoms with van der Waals surface area (Å²) in [7, 11) is 0. The molecule has 124 valence electrons. The van der Waals surface area contributed by atoms with Gasteiger partial charge in [-0.15, -0.1) is 0 Å². The summed E-state index contributed by atoms with van der Waals surface area (Å²) in [6, 6.07) is 8.03. The molecule has 0 saturated carbocycles. The van der Waals surface area contributed by atoms with E-state index in [-0.39, 0.29) is 5.56 Å². The van der Waals surface area contributed by atoms with Crippen LogP contribution in [-0.4, -0.2) is 12.5 Å². The largest absolute Gasteiger partial charge is 0.461 e. The number of alkyl halides is 4. The van der Waals surface area contributed by atoms with Crippen molar-refractivity contribution in [3.63, 3.8) is 0 Å². The van der Waals surface area contributed by atoms with Crippen LogP contribution in [0.25, 0.3) is 0 Å². The molecule has 7 heteroatoms. The number of ether oxygens (including phenoxy) is 1. The SMILES string of the molecule is C[C@H](c1ccc(F)cc1)c1cc(F)cc(OC(F)(F)C(F)F)c1. The minimum absolute atomic E-state index is 0.233. The van der Waals surface area contributed by atoms with Crippen LogP contribution in [-0.2, 0) is 0 Å². The first-order valence-electron chi connectivity index (χ1n) is 6.60. The Hall–Kier alpha value is -2.18. The zero-order chi connectivity index (χ0) is 17.2. The highest BCUT2D eigenvalue weighted by atomic mass is 19.3. The van der Waals surface area contributed by atoms with Crippen LogP contribution in [0.5, 0.6) is 5.75 Å². The van der Waals surface area contributed by atoms with Gasteiger partial charge in [-0.25, -0.2) is 8.78 Å². The van der Waals surface area contributed by atoms with Gasteiger partial charge in [-0.2, -0.15) is 17.6 Å². The van der Waals surface area contributed by atoms with Crippen molar-refractivity contribution in [3.8, 4) is 5.75 Å². The quantitative estimate of drug-likeness (QED) is 0.670. The number of halogens is 6. The normalized spacial score (nSPS) is 13.2. The zero-order valence-electron chi connectivity index (χ0n) is 11.9. The number of benzene rings is 2. The highest BCUT2D eigenvalue weighted by molar-refractivity contribution is 5.37. The van der Waals surface area contributed by atoms with Crippen LogP contribution in [0.3, 0.4) is 0 Å². The van der Waals surface area contributed by atoms with E-state index < -0.39 is 35.8 Å². The second-order valence-corrected chi connectivity index (χ2v) is 4.96. The van der Waals surface area contributed by atoms with Gasteiger partial charge in [0.15, 0.2) is 0 Å². The van der Waals surface area contributed by atoms with E-state index in [2.05, 4.69) is 4.74 Å². The maximum Gasteiger partial charge on any atom is 0.461 e. The fourth-order valence-electron chi connectivity index (χ4n) is 2.04. The summed E-state index contributed by atoms with van der Waals surface area (Å²) in [5.41, 5.74) is 0.834. The first kappa shape index (κ1) is 17.2. The average Bonchev–Trinajstić information content (AvgIpc) is 2.46. The molecular weight excluding hydrogens is 322 g/mol. The lowest BCUT2D eigenvalue weighted by Gasteiger charge is -2.19. The molecular formula is C16H12F6O. The topological polar surface area (TPSA) is 9.23 Å². The van der Waals surface area contributed by atoms with Crippen LogP contribution in [0.2, 0.25) is 0 Å². The Balaban J connectivity index is 2.31. The van der Waals surface area contributed by atoms with E-state index in [4.69, 9.17) is 0 Å². The predicted molar refractivity (Wildman–Crippen MR) is 71.9 cm³/mol. The maximum atomic E-state index is 13.6. The summed E-state index contributed by atoms with van der Waals surface area (Å²) in [4.78, 5) is 0. The van der Waals surface area contributed by atoms with Gasteiger partial charge in [0.05, 0.1) is 0 Å². The predicted octanol–water partition coefficient (Wildman–Crippen LogP) is 5.35. The lowest BCUT2D eigenvalue weighted by atomic mass is 9.93. The second kappa shape index (κ2) is 6.52. The summed E-state index contributed by atoms with van der Waals surface area (Å²) in [6.45, 7) is 1.64. The smallest absolute Gasteiger partial charge is 0.428 e. The molecule has 0 aromatic heterocycles. The van der Waals surface area contributed by atoms with E-state index in [1.807, 2.05) is 0 Å². The molecule has 0 bridgehead atoms. The molecule has 0 saturated heterocycles. The van der Waals surface area contributed by atoms with E-state index in [1.165, 1.54) is 24.3 Å². The Morgan fingerprint density at radius 1 is 0.870 bits per heavy atom. The van der Waals surface area contributed by atoms with Crippen LogP contribution >= 0.6 is 0 Å². The summed E-state index contributed by atoms with van der Waals surface area (Å²) >= 11 is 0. The molecule has 1 nitrogen and oxygen atoms in total. The lowest BCUT2D eigenvalue weighted by Crippen LogP contribution is -2.33. The summed E-state index contributed by atoms with van der Waals surface area (Å²) in [5.74, 6) is -2.55. The van der Waals surface area contributed by atoms with Gasteiger partial charge in [0.1, 0.15) is 17.4 Å². The fourth-order valence-corrected chi connectivity index (χ4v) is 2.04. The molecule has 0 fully saturated rings. The van der Waals surface area contributed by atoms with Crippen molar-refractivity contribution in [2.75, 3.05) is 0 Å². The standard InChI is InChI=1S/C16H12F6O/c1-9(10-2-4-12(17)5-3-10)11-6-13(18)8-14(7-11)23-16(21,22)15(19)20/h2-9,15H,1H3/t9-/m1/s1. The summed E-state index contributed by atoms with van der Waals surface area (Å²) in [6.07, 6.45) is -8.76. The van der Waals surface area contributed by atoms with Crippen LogP contribution in [0, 0.1) is 11.6 Å². The number of hydrogen-bond acceptors (Lipinski definition) is 1. The molecule has 1 atom stereocenters. The van der Waals surface area contributed by atoms with E-state index in [1.54, 1.807) is 6.92 Å². The molecule has 0 N–H and O–H groups in total. The molecule has 0 aliphatic carbocycles. The Kier molecular flexibility index (Phi) is 4.87. The highest BCUT2D eigenvalue weighted by Gasteiger charge is 2.44. The van der Waals surface area contributed by atoms with Gasteiger partial charge >= 0.3 is 12.5 Å². The molecule has 0 aliphatic rings. The summed E-state index contributed by atoms with van der Waals surface area (Å²) in [5, 5.41) is 0. The molecule has 2 rings (SSSR count). The van der Waals surface area contributed by atoms with Crippen LogP contribution in [0.4, 0.5) is 26.3 Å². The fraction of sp³-hybridized carbons (Fsp3) is 0.250. The Labute approximate surface area is 128 Å². The van der Waals surface area contributed by atoms with Gasteiger partial charge in [0.2, 0.25) is 0 Å². The van der Waals surface area contributed by atoms with Crippen molar-refractivity contribution < 1.29 is 31.1 Å². The maximum absolute atomic E-state index is 13.6. The Morgan fingerprint density at radius 2 is 1.48 bits per heavy atom. The first-order valence-corrected chi connectivity index (χ1v) is 6.60. The molecule has 0 unspecified atom stereocenters. The monoisotopic (exact) mass is 334 g/mol. The Morgan fingerprint density at radius 3 is 2.04 bits per heavy atom. The number of rotatable bonds is 5. The molecule has 0 amide bonds. The van der Waals surface area contributed by atoms with Gasteiger partial charge in [0, 0.05) is 12.0 Å². The van der Waals surface area contributed by atoms with E-state index in [0.29, 0.717) is 11.6 Å². The van der Waals surface area contributed by atoms with Gasteiger partial charge in [-0.1, -0.05) is 19.1 Å². The van der Waals surface area contributed by atoms with Crippen molar-refractivity contribution >= 4 is 0 Å². The van der Waals surface area contributed by atoms with Crippen molar-refractivity contribution in [2.24, 2.45) is 0 Å². The van der Waals surface area contributed by atoms with Crippen molar-refractivity contribution in [1.82, 2.24) is 0 Å². The first-order chi connectivity index (χ1) is 10.7. The van der Waals surface area contributed by atoms with Crippen LogP contribution in [0.15, 0.2) is 42.5 Å². The zero-order valence-corrected chi connectivity index (χ0v) is 11.9. The van der Waals surface area contributed by atoms with Gasteiger partial charge in [-0.3, -0.25) is 0 Å². The molecule has 0 aliphatic heterocycles. The molecule has 2 aromatic carbocycles. The third-order valence-electron chi connectivity index (χ3n) is 3.27. The lowest BCUT2D eigenvalue weighted by molar-refractivity contribution is -0.253. The van der Waals surface area contributed by atoms with E-state index in [0.717, 1.165) is 12.1 Å². The van der Waals surface area contributed by atoms with Crippen molar-refractivity contribution in [1.29, 1.82) is 0 Å². The van der Waals surface area contributed by atoms with Gasteiger partial charge in [0.25, 0.3) is 0 Å².